The maximum atomic E-state index is 12.9. The van der Waals surface area contributed by atoms with Crippen LogP contribution >= 0.6 is 11.6 Å². The van der Waals surface area contributed by atoms with Crippen LogP contribution in [0.1, 0.15) is 6.42 Å². The van der Waals surface area contributed by atoms with E-state index < -0.39 is 30.6 Å². The lowest BCUT2D eigenvalue weighted by Gasteiger charge is -2.23. The van der Waals surface area contributed by atoms with Crippen molar-refractivity contribution in [2.75, 3.05) is 5.32 Å². The van der Waals surface area contributed by atoms with Crippen molar-refractivity contribution in [3.63, 3.8) is 0 Å². The third-order valence-electron chi connectivity index (χ3n) is 1.97. The van der Waals surface area contributed by atoms with Crippen molar-refractivity contribution >= 4 is 29.2 Å². The first-order valence-corrected chi connectivity index (χ1v) is 5.03. The second-order valence-corrected chi connectivity index (χ2v) is 3.67. The molecule has 1 saturated heterocycles. The van der Waals surface area contributed by atoms with E-state index in [1.807, 2.05) is 0 Å². The van der Waals surface area contributed by atoms with Gasteiger partial charge in [0.2, 0.25) is 0 Å². The molecule has 7 heteroatoms. The first kappa shape index (κ1) is 11.7. The van der Waals surface area contributed by atoms with E-state index in [9.17, 15) is 14.0 Å². The van der Waals surface area contributed by atoms with Gasteiger partial charge in [0.15, 0.2) is 0 Å². The van der Waals surface area contributed by atoms with Crippen LogP contribution in [0, 0.1) is 5.82 Å². The molecule has 17 heavy (non-hydrogen) atoms. The standard InChI is InChI=1S/C10H7ClFNO4/c11-6-3-5(1-2-7(6)12)13-10-16-8(14)4-9(15)17-10/h1-3,10,13H,4H2. The van der Waals surface area contributed by atoms with Crippen LogP contribution in [0.2, 0.25) is 5.02 Å². The lowest BCUT2D eigenvalue weighted by Crippen LogP contribution is -2.37. The highest BCUT2D eigenvalue weighted by Crippen LogP contribution is 2.21. The number of hydrogen-bond donors (Lipinski definition) is 1. The lowest BCUT2D eigenvalue weighted by molar-refractivity contribution is -0.197. The van der Waals surface area contributed by atoms with Gasteiger partial charge in [-0.15, -0.1) is 0 Å². The quantitative estimate of drug-likeness (QED) is 0.646. The first-order chi connectivity index (χ1) is 8.04. The molecule has 1 aromatic carbocycles. The Labute approximate surface area is 100 Å². The molecule has 0 saturated carbocycles. The summed E-state index contributed by atoms with van der Waals surface area (Å²) in [7, 11) is 0. The molecule has 1 aliphatic rings. The predicted molar refractivity (Wildman–Crippen MR) is 55.6 cm³/mol. The van der Waals surface area contributed by atoms with Gasteiger partial charge >= 0.3 is 18.4 Å². The minimum absolute atomic E-state index is 0.0940. The molecule has 0 atom stereocenters. The highest BCUT2D eigenvalue weighted by molar-refractivity contribution is 6.31. The molecule has 2 rings (SSSR count). The van der Waals surface area contributed by atoms with E-state index in [-0.39, 0.29) is 5.02 Å². The molecule has 5 nitrogen and oxygen atoms in total. The summed E-state index contributed by atoms with van der Waals surface area (Å²) in [5.74, 6) is -1.95. The van der Waals surface area contributed by atoms with Crippen LogP contribution in [0.4, 0.5) is 10.1 Å². The smallest absolute Gasteiger partial charge is 0.329 e. The maximum absolute atomic E-state index is 12.9. The Morgan fingerprint density at radius 2 is 1.94 bits per heavy atom. The van der Waals surface area contributed by atoms with Crippen LogP contribution in [0.5, 0.6) is 0 Å². The Morgan fingerprint density at radius 3 is 2.53 bits per heavy atom. The largest absolute Gasteiger partial charge is 0.406 e. The van der Waals surface area contributed by atoms with E-state index in [2.05, 4.69) is 5.32 Å². The summed E-state index contributed by atoms with van der Waals surface area (Å²) in [6, 6.07) is 3.79. The van der Waals surface area contributed by atoms with Crippen LogP contribution in [0.25, 0.3) is 0 Å². The number of benzene rings is 1. The van der Waals surface area contributed by atoms with Crippen molar-refractivity contribution in [2.45, 2.75) is 12.8 Å². The molecule has 1 N–H and O–H groups in total. The zero-order valence-electron chi connectivity index (χ0n) is 8.41. The number of hydrogen-bond acceptors (Lipinski definition) is 5. The summed E-state index contributed by atoms with van der Waals surface area (Å²) in [5, 5.41) is 2.48. The van der Waals surface area contributed by atoms with Crippen molar-refractivity contribution < 1.29 is 23.5 Å². The number of carbonyl (C=O) groups excluding carboxylic acids is 2. The Bertz CT molecular complexity index is 463. The van der Waals surface area contributed by atoms with Crippen LogP contribution in [0.3, 0.4) is 0 Å². The minimum Gasteiger partial charge on any atom is -0.406 e. The number of halogens is 2. The minimum atomic E-state index is -1.22. The number of anilines is 1. The van der Waals surface area contributed by atoms with E-state index in [0.29, 0.717) is 5.69 Å². The maximum Gasteiger partial charge on any atom is 0.329 e. The lowest BCUT2D eigenvalue weighted by atomic mass is 10.3. The molecule has 1 aromatic rings. The van der Waals surface area contributed by atoms with Crippen LogP contribution in [-0.4, -0.2) is 18.4 Å². The molecular weight excluding hydrogens is 253 g/mol. The van der Waals surface area contributed by atoms with Gasteiger partial charge in [-0.2, -0.15) is 0 Å². The van der Waals surface area contributed by atoms with Crippen LogP contribution < -0.4 is 5.32 Å². The number of cyclic esters (lactones) is 2. The van der Waals surface area contributed by atoms with E-state index >= 15 is 0 Å². The van der Waals surface area contributed by atoms with Crippen LogP contribution in [-0.2, 0) is 19.1 Å². The third kappa shape index (κ3) is 2.85. The fourth-order valence-electron chi connectivity index (χ4n) is 1.24. The average Bonchev–Trinajstić information content (AvgIpc) is 2.22. The molecule has 0 unspecified atom stereocenters. The molecule has 1 fully saturated rings. The van der Waals surface area contributed by atoms with Gasteiger partial charge in [-0.05, 0) is 18.2 Å². The van der Waals surface area contributed by atoms with Crippen molar-refractivity contribution in [3.8, 4) is 0 Å². The second kappa shape index (κ2) is 4.58. The fraction of sp³-hybridized carbons (Fsp3) is 0.200. The molecule has 0 aromatic heterocycles. The van der Waals surface area contributed by atoms with Gasteiger partial charge in [-0.25, -0.2) is 4.39 Å². The second-order valence-electron chi connectivity index (χ2n) is 3.26. The summed E-state index contributed by atoms with van der Waals surface area (Å²) in [4.78, 5) is 21.9. The summed E-state index contributed by atoms with van der Waals surface area (Å²) < 4.78 is 22.3. The molecule has 1 heterocycles. The van der Waals surface area contributed by atoms with Gasteiger partial charge in [-0.1, -0.05) is 11.6 Å². The predicted octanol–water partition coefficient (Wildman–Crippen LogP) is 1.66. The number of carbonyl (C=O) groups is 2. The zero-order chi connectivity index (χ0) is 12.4. The van der Waals surface area contributed by atoms with Gasteiger partial charge in [0.25, 0.3) is 0 Å². The topological polar surface area (TPSA) is 64.6 Å². The molecule has 0 aliphatic carbocycles. The normalized spacial score (nSPS) is 16.4. The Kier molecular flexibility index (Phi) is 3.14. The molecule has 0 spiro atoms. The van der Waals surface area contributed by atoms with E-state index in [1.165, 1.54) is 12.1 Å². The monoisotopic (exact) mass is 259 g/mol. The molecule has 0 bridgehead atoms. The van der Waals surface area contributed by atoms with Gasteiger partial charge in [0.1, 0.15) is 12.2 Å². The summed E-state index contributed by atoms with van der Waals surface area (Å²) in [5.41, 5.74) is 0.365. The Morgan fingerprint density at radius 1 is 1.29 bits per heavy atom. The Hall–Kier alpha value is -1.82. The number of nitrogens with one attached hydrogen (secondary N) is 1. The zero-order valence-corrected chi connectivity index (χ0v) is 9.16. The van der Waals surface area contributed by atoms with E-state index in [1.54, 1.807) is 0 Å². The van der Waals surface area contributed by atoms with Crippen molar-refractivity contribution in [1.82, 2.24) is 0 Å². The van der Waals surface area contributed by atoms with Crippen molar-refractivity contribution in [3.05, 3.63) is 29.0 Å². The first-order valence-electron chi connectivity index (χ1n) is 4.65. The number of rotatable bonds is 2. The van der Waals surface area contributed by atoms with Crippen LogP contribution in [0.15, 0.2) is 18.2 Å². The average molecular weight is 260 g/mol. The summed E-state index contributed by atoms with van der Waals surface area (Å²) >= 11 is 5.56. The van der Waals surface area contributed by atoms with Gasteiger partial charge in [-0.3, -0.25) is 9.59 Å². The molecule has 0 amide bonds. The van der Waals surface area contributed by atoms with Crippen molar-refractivity contribution in [1.29, 1.82) is 0 Å². The summed E-state index contributed by atoms with van der Waals surface area (Å²) in [6.45, 7) is 0. The van der Waals surface area contributed by atoms with E-state index in [0.717, 1.165) is 6.07 Å². The molecule has 1 aliphatic heterocycles. The third-order valence-corrected chi connectivity index (χ3v) is 2.26. The van der Waals surface area contributed by atoms with Gasteiger partial charge < -0.3 is 14.8 Å². The molecule has 90 valence electrons. The number of esters is 2. The SMILES string of the molecule is O=C1CC(=O)OC(Nc2ccc(F)c(Cl)c2)O1. The van der Waals surface area contributed by atoms with E-state index in [4.69, 9.17) is 21.1 Å². The molecule has 0 radical (unpaired) electrons. The highest BCUT2D eigenvalue weighted by atomic mass is 35.5. The Balaban J connectivity index is 2.07. The van der Waals surface area contributed by atoms with Gasteiger partial charge in [0.05, 0.1) is 5.02 Å². The summed E-state index contributed by atoms with van der Waals surface area (Å²) in [6.07, 6.45) is -1.63. The number of ether oxygens (including phenoxy) is 2. The van der Waals surface area contributed by atoms with Gasteiger partial charge in [0, 0.05) is 5.69 Å². The fourth-order valence-corrected chi connectivity index (χ4v) is 1.43. The highest BCUT2D eigenvalue weighted by Gasteiger charge is 2.27. The van der Waals surface area contributed by atoms with Crippen molar-refractivity contribution in [2.24, 2.45) is 0 Å². The molecular formula is C10H7ClFNO4.